The maximum Gasteiger partial charge on any atom is 0.142 e. The zero-order valence-corrected chi connectivity index (χ0v) is 14.0. The van der Waals surface area contributed by atoms with Crippen molar-refractivity contribution in [1.29, 1.82) is 0 Å². The Hall–Kier alpha value is -1.36. The summed E-state index contributed by atoms with van der Waals surface area (Å²) in [6.07, 6.45) is 6.33. The Morgan fingerprint density at radius 3 is 2.86 bits per heavy atom. The first-order valence-corrected chi connectivity index (χ1v) is 8.77. The van der Waals surface area contributed by atoms with Gasteiger partial charge in [-0.3, -0.25) is 0 Å². The van der Waals surface area contributed by atoms with E-state index in [1.165, 1.54) is 23.3 Å². The van der Waals surface area contributed by atoms with Crippen LogP contribution in [0.1, 0.15) is 23.3 Å². The number of halogens is 2. The lowest BCUT2D eigenvalue weighted by Gasteiger charge is -2.13. The molecule has 0 aliphatic heterocycles. The van der Waals surface area contributed by atoms with Crippen LogP contribution in [0.5, 0.6) is 0 Å². The quantitative estimate of drug-likeness (QED) is 0.652. The summed E-state index contributed by atoms with van der Waals surface area (Å²) in [5, 5.41) is 5.74. The van der Waals surface area contributed by atoms with Crippen molar-refractivity contribution in [2.75, 3.05) is 5.32 Å². The maximum absolute atomic E-state index is 6.25. The molecule has 4 rings (SSSR count). The summed E-state index contributed by atoms with van der Waals surface area (Å²) in [5.74, 6) is 0.813. The number of thiophene rings is 1. The van der Waals surface area contributed by atoms with Gasteiger partial charge < -0.3 is 5.32 Å². The number of hydrogen-bond acceptors (Lipinski definition) is 4. The number of hydrogen-bond donors (Lipinski definition) is 1. The number of rotatable bonds is 2. The molecule has 1 aromatic carbocycles. The number of anilines is 2. The third-order valence-electron chi connectivity index (χ3n) is 3.93. The molecule has 0 spiro atoms. The zero-order chi connectivity index (χ0) is 15.1. The van der Waals surface area contributed by atoms with Gasteiger partial charge in [0.15, 0.2) is 0 Å². The smallest absolute Gasteiger partial charge is 0.142 e. The van der Waals surface area contributed by atoms with Crippen molar-refractivity contribution in [3.05, 3.63) is 45.0 Å². The standard InChI is InChI=1S/C16H13Cl2N3S/c17-9-5-6-11(18)12(7-9)21-15-14-10-3-1-2-4-13(10)22-16(14)20-8-19-15/h5-8H,1-4H2,(H,19,20,21). The molecule has 2 heterocycles. The molecular formula is C16H13Cl2N3S. The Kier molecular flexibility index (Phi) is 3.68. The summed E-state index contributed by atoms with van der Waals surface area (Å²) in [7, 11) is 0. The fraction of sp³-hybridized carbons (Fsp3) is 0.250. The summed E-state index contributed by atoms with van der Waals surface area (Å²) in [4.78, 5) is 11.4. The molecule has 0 atom stereocenters. The first kappa shape index (κ1) is 14.2. The van der Waals surface area contributed by atoms with Crippen molar-refractivity contribution in [3.63, 3.8) is 0 Å². The van der Waals surface area contributed by atoms with E-state index in [2.05, 4.69) is 15.3 Å². The summed E-state index contributed by atoms with van der Waals surface area (Å²) >= 11 is 14.1. The molecule has 6 heteroatoms. The van der Waals surface area contributed by atoms with Crippen molar-refractivity contribution in [2.45, 2.75) is 25.7 Å². The van der Waals surface area contributed by atoms with Crippen LogP contribution in [0.3, 0.4) is 0 Å². The van der Waals surface area contributed by atoms with E-state index in [0.717, 1.165) is 34.6 Å². The highest BCUT2D eigenvalue weighted by molar-refractivity contribution is 7.19. The number of benzene rings is 1. The lowest BCUT2D eigenvalue weighted by Crippen LogP contribution is -2.01. The summed E-state index contributed by atoms with van der Waals surface area (Å²) in [6.45, 7) is 0. The minimum atomic E-state index is 0.625. The van der Waals surface area contributed by atoms with Gasteiger partial charge in [0.2, 0.25) is 0 Å². The molecule has 2 aromatic heterocycles. The monoisotopic (exact) mass is 349 g/mol. The number of nitrogens with zero attached hydrogens (tertiary/aromatic N) is 2. The van der Waals surface area contributed by atoms with Crippen LogP contribution >= 0.6 is 34.5 Å². The normalized spacial score (nSPS) is 14.1. The largest absolute Gasteiger partial charge is 0.338 e. The molecule has 0 radical (unpaired) electrons. The highest BCUT2D eigenvalue weighted by Gasteiger charge is 2.20. The van der Waals surface area contributed by atoms with E-state index in [0.29, 0.717) is 10.0 Å². The predicted molar refractivity (Wildman–Crippen MR) is 93.8 cm³/mol. The molecule has 1 aliphatic carbocycles. The van der Waals surface area contributed by atoms with Gasteiger partial charge >= 0.3 is 0 Å². The fourth-order valence-electron chi connectivity index (χ4n) is 2.91. The van der Waals surface area contributed by atoms with Crippen LogP contribution in [0.25, 0.3) is 10.2 Å². The molecule has 22 heavy (non-hydrogen) atoms. The van der Waals surface area contributed by atoms with Gasteiger partial charge in [0, 0.05) is 9.90 Å². The molecule has 0 bridgehead atoms. The second kappa shape index (κ2) is 5.69. The lowest BCUT2D eigenvalue weighted by atomic mass is 9.97. The Bertz CT molecular complexity index is 860. The van der Waals surface area contributed by atoms with Gasteiger partial charge in [-0.15, -0.1) is 11.3 Å². The first-order valence-electron chi connectivity index (χ1n) is 7.19. The van der Waals surface area contributed by atoms with E-state index in [1.807, 2.05) is 6.07 Å². The minimum Gasteiger partial charge on any atom is -0.338 e. The minimum absolute atomic E-state index is 0.625. The Morgan fingerprint density at radius 2 is 1.95 bits per heavy atom. The Morgan fingerprint density at radius 1 is 1.09 bits per heavy atom. The average molecular weight is 350 g/mol. The summed E-state index contributed by atoms with van der Waals surface area (Å²) < 4.78 is 0. The highest BCUT2D eigenvalue weighted by atomic mass is 35.5. The second-order valence-electron chi connectivity index (χ2n) is 5.36. The molecule has 0 saturated carbocycles. The van der Waals surface area contributed by atoms with Gasteiger partial charge in [-0.1, -0.05) is 23.2 Å². The molecular weight excluding hydrogens is 337 g/mol. The number of nitrogens with one attached hydrogen (secondary N) is 1. The third kappa shape index (κ3) is 2.45. The second-order valence-corrected chi connectivity index (χ2v) is 7.29. The van der Waals surface area contributed by atoms with Crippen LogP contribution in [-0.2, 0) is 12.8 Å². The molecule has 1 aliphatic rings. The number of fused-ring (bicyclic) bond motifs is 3. The van der Waals surface area contributed by atoms with Crippen LogP contribution in [-0.4, -0.2) is 9.97 Å². The van der Waals surface area contributed by atoms with Gasteiger partial charge in [-0.05, 0) is 49.4 Å². The van der Waals surface area contributed by atoms with E-state index in [4.69, 9.17) is 23.2 Å². The van der Waals surface area contributed by atoms with Crippen LogP contribution in [0, 0.1) is 0 Å². The van der Waals surface area contributed by atoms with Gasteiger partial charge in [0.25, 0.3) is 0 Å². The van der Waals surface area contributed by atoms with Crippen molar-refractivity contribution in [3.8, 4) is 0 Å². The molecule has 3 nitrogen and oxygen atoms in total. The highest BCUT2D eigenvalue weighted by Crippen LogP contribution is 2.39. The van der Waals surface area contributed by atoms with Crippen LogP contribution < -0.4 is 5.32 Å². The average Bonchev–Trinajstić information content (AvgIpc) is 2.90. The molecule has 0 amide bonds. The SMILES string of the molecule is Clc1ccc(Cl)c(Nc2ncnc3sc4c(c23)CCCC4)c1. The van der Waals surface area contributed by atoms with Crippen molar-refractivity contribution in [1.82, 2.24) is 9.97 Å². The van der Waals surface area contributed by atoms with Crippen LogP contribution in [0.2, 0.25) is 10.0 Å². The maximum atomic E-state index is 6.25. The molecule has 0 fully saturated rings. The van der Waals surface area contributed by atoms with E-state index in [9.17, 15) is 0 Å². The van der Waals surface area contributed by atoms with E-state index in [1.54, 1.807) is 29.8 Å². The third-order valence-corrected chi connectivity index (χ3v) is 5.70. The Labute approximate surface area is 142 Å². The molecule has 0 unspecified atom stereocenters. The van der Waals surface area contributed by atoms with Crippen molar-refractivity contribution < 1.29 is 0 Å². The lowest BCUT2D eigenvalue weighted by molar-refractivity contribution is 0.700. The van der Waals surface area contributed by atoms with Crippen LogP contribution in [0.4, 0.5) is 11.5 Å². The zero-order valence-electron chi connectivity index (χ0n) is 11.7. The van der Waals surface area contributed by atoms with E-state index in [-0.39, 0.29) is 0 Å². The number of aryl methyl sites for hydroxylation is 2. The predicted octanol–water partition coefficient (Wildman–Crippen LogP) is 5.62. The summed E-state index contributed by atoms with van der Waals surface area (Å²) in [5.41, 5.74) is 2.16. The summed E-state index contributed by atoms with van der Waals surface area (Å²) in [6, 6.07) is 5.38. The van der Waals surface area contributed by atoms with Gasteiger partial charge in [-0.25, -0.2) is 9.97 Å². The molecule has 0 saturated heterocycles. The van der Waals surface area contributed by atoms with E-state index >= 15 is 0 Å². The number of aromatic nitrogens is 2. The molecule has 3 aromatic rings. The van der Waals surface area contributed by atoms with Gasteiger partial charge in [-0.2, -0.15) is 0 Å². The topological polar surface area (TPSA) is 37.8 Å². The Balaban J connectivity index is 1.84. The fourth-order valence-corrected chi connectivity index (χ4v) is 4.47. The van der Waals surface area contributed by atoms with E-state index < -0.39 is 0 Å². The molecule has 1 N–H and O–H groups in total. The van der Waals surface area contributed by atoms with Gasteiger partial charge in [0.05, 0.1) is 16.1 Å². The van der Waals surface area contributed by atoms with Crippen LogP contribution in [0.15, 0.2) is 24.5 Å². The first-order chi connectivity index (χ1) is 10.7. The van der Waals surface area contributed by atoms with Gasteiger partial charge in [0.1, 0.15) is 17.0 Å². The van der Waals surface area contributed by atoms with Crippen molar-refractivity contribution in [2.24, 2.45) is 0 Å². The molecule has 112 valence electrons. The van der Waals surface area contributed by atoms with Crippen molar-refractivity contribution >= 4 is 56.3 Å².